The molecule has 2 aromatic rings. The smallest absolute Gasteiger partial charge is 0.131 e. The first-order chi connectivity index (χ1) is 8.25. The molecule has 86 valence electrons. The van der Waals surface area contributed by atoms with Crippen molar-refractivity contribution in [2.45, 2.75) is 25.7 Å². The molecule has 1 nitrogen and oxygen atoms in total. The highest BCUT2D eigenvalue weighted by molar-refractivity contribution is 5.56. The molecule has 0 saturated carbocycles. The molecule has 0 unspecified atom stereocenters. The van der Waals surface area contributed by atoms with Gasteiger partial charge >= 0.3 is 0 Å². The average Bonchev–Trinajstić information content (AvgIpc) is 2.39. The third-order valence-corrected chi connectivity index (χ3v) is 3.89. The van der Waals surface area contributed by atoms with Crippen molar-refractivity contribution in [3.8, 4) is 11.5 Å². The number of ether oxygens (including phenoxy) is 1. The summed E-state index contributed by atoms with van der Waals surface area (Å²) < 4.78 is 5.97. The topological polar surface area (TPSA) is 9.23 Å². The summed E-state index contributed by atoms with van der Waals surface area (Å²) in [6.45, 7) is 4.53. The number of para-hydroxylation sites is 2. The first-order valence-corrected chi connectivity index (χ1v) is 6.12. The summed E-state index contributed by atoms with van der Waals surface area (Å²) in [5.74, 6) is 1.99. The molecule has 17 heavy (non-hydrogen) atoms. The van der Waals surface area contributed by atoms with E-state index in [4.69, 9.17) is 4.74 Å². The molecule has 3 rings (SSSR count). The molecule has 1 heteroatoms. The van der Waals surface area contributed by atoms with Gasteiger partial charge in [0.1, 0.15) is 11.5 Å². The molecule has 1 aliphatic heterocycles. The third kappa shape index (κ3) is 1.39. The Kier molecular flexibility index (Phi) is 2.22. The number of hydrogen-bond donors (Lipinski definition) is 0. The van der Waals surface area contributed by atoms with Crippen molar-refractivity contribution in [3.05, 3.63) is 59.7 Å². The van der Waals surface area contributed by atoms with Crippen LogP contribution in [0.1, 0.15) is 31.4 Å². The quantitative estimate of drug-likeness (QED) is 0.692. The highest BCUT2D eigenvalue weighted by Gasteiger charge is 2.35. The normalized spacial score (nSPS) is 15.6. The fourth-order valence-electron chi connectivity index (χ4n) is 2.67. The van der Waals surface area contributed by atoms with Gasteiger partial charge in [0.25, 0.3) is 0 Å². The first kappa shape index (κ1) is 10.4. The summed E-state index contributed by atoms with van der Waals surface area (Å²) in [6.07, 6.45) is 1.07. The van der Waals surface area contributed by atoms with Gasteiger partial charge in [-0.15, -0.1) is 0 Å². The van der Waals surface area contributed by atoms with E-state index in [0.29, 0.717) is 0 Å². The molecule has 2 aromatic carbocycles. The van der Waals surface area contributed by atoms with E-state index in [1.54, 1.807) is 0 Å². The van der Waals surface area contributed by atoms with Crippen LogP contribution in [0.4, 0.5) is 0 Å². The average molecular weight is 224 g/mol. The maximum atomic E-state index is 5.97. The van der Waals surface area contributed by atoms with E-state index in [-0.39, 0.29) is 5.41 Å². The van der Waals surface area contributed by atoms with Crippen LogP contribution in [0.15, 0.2) is 48.5 Å². The predicted octanol–water partition coefficient (Wildman–Crippen LogP) is 4.51. The molecule has 0 fully saturated rings. The van der Waals surface area contributed by atoms with E-state index in [9.17, 15) is 0 Å². The van der Waals surface area contributed by atoms with Gasteiger partial charge in [-0.05, 0) is 18.6 Å². The lowest BCUT2D eigenvalue weighted by Crippen LogP contribution is -2.26. The minimum absolute atomic E-state index is 0.0609. The van der Waals surface area contributed by atoms with Gasteiger partial charge in [-0.2, -0.15) is 0 Å². The van der Waals surface area contributed by atoms with Gasteiger partial charge in [0.2, 0.25) is 0 Å². The van der Waals surface area contributed by atoms with Gasteiger partial charge in [0.15, 0.2) is 0 Å². The van der Waals surface area contributed by atoms with Gasteiger partial charge in [-0.3, -0.25) is 0 Å². The van der Waals surface area contributed by atoms with Gasteiger partial charge in [0, 0.05) is 16.5 Å². The van der Waals surface area contributed by atoms with E-state index in [1.807, 2.05) is 12.1 Å². The monoisotopic (exact) mass is 224 g/mol. The van der Waals surface area contributed by atoms with E-state index >= 15 is 0 Å². The molecule has 1 heterocycles. The minimum atomic E-state index is 0.0609. The Labute approximate surface area is 102 Å². The fraction of sp³-hybridized carbons (Fsp3) is 0.250. The van der Waals surface area contributed by atoms with Crippen LogP contribution in [0.5, 0.6) is 11.5 Å². The van der Waals surface area contributed by atoms with Gasteiger partial charge < -0.3 is 4.74 Å². The van der Waals surface area contributed by atoms with Crippen molar-refractivity contribution in [3.63, 3.8) is 0 Å². The second-order valence-electron chi connectivity index (χ2n) is 4.78. The lowest BCUT2D eigenvalue weighted by Gasteiger charge is -2.36. The minimum Gasteiger partial charge on any atom is -0.457 e. The first-order valence-electron chi connectivity index (χ1n) is 6.12. The second kappa shape index (κ2) is 3.63. The number of hydrogen-bond acceptors (Lipinski definition) is 1. The third-order valence-electron chi connectivity index (χ3n) is 3.89. The van der Waals surface area contributed by atoms with Crippen molar-refractivity contribution in [2.24, 2.45) is 0 Å². The van der Waals surface area contributed by atoms with Crippen molar-refractivity contribution < 1.29 is 4.74 Å². The molecule has 0 aromatic heterocycles. The van der Waals surface area contributed by atoms with Gasteiger partial charge in [-0.1, -0.05) is 50.2 Å². The van der Waals surface area contributed by atoms with Crippen LogP contribution in [0.2, 0.25) is 0 Å². The summed E-state index contributed by atoms with van der Waals surface area (Å²) in [6, 6.07) is 16.7. The Morgan fingerprint density at radius 2 is 1.35 bits per heavy atom. The maximum Gasteiger partial charge on any atom is 0.131 e. The van der Waals surface area contributed by atoms with Gasteiger partial charge in [0.05, 0.1) is 0 Å². The summed E-state index contributed by atoms with van der Waals surface area (Å²) in [5, 5.41) is 0. The Morgan fingerprint density at radius 1 is 0.882 bits per heavy atom. The standard InChI is InChI=1S/C16H16O/c1-3-16(2)12-8-4-6-10-14(12)17-15-11-7-5-9-13(15)16/h4-11H,3H2,1-2H3. The molecule has 0 radical (unpaired) electrons. The largest absolute Gasteiger partial charge is 0.457 e. The molecule has 0 aliphatic carbocycles. The van der Waals surface area contributed by atoms with Crippen LogP contribution >= 0.6 is 0 Å². The Morgan fingerprint density at radius 3 is 1.82 bits per heavy atom. The van der Waals surface area contributed by atoms with Crippen molar-refractivity contribution in [1.29, 1.82) is 0 Å². The van der Waals surface area contributed by atoms with Crippen LogP contribution in [-0.4, -0.2) is 0 Å². The van der Waals surface area contributed by atoms with Crippen LogP contribution in [0.25, 0.3) is 0 Å². The Hall–Kier alpha value is -1.76. The molecule has 0 spiro atoms. The van der Waals surface area contributed by atoms with Crippen molar-refractivity contribution in [1.82, 2.24) is 0 Å². The van der Waals surface area contributed by atoms with E-state index in [1.165, 1.54) is 11.1 Å². The lowest BCUT2D eigenvalue weighted by atomic mass is 9.72. The molecule has 0 saturated heterocycles. The molecule has 1 aliphatic rings. The van der Waals surface area contributed by atoms with Gasteiger partial charge in [-0.25, -0.2) is 0 Å². The van der Waals surface area contributed by atoms with E-state index < -0.39 is 0 Å². The zero-order valence-electron chi connectivity index (χ0n) is 10.2. The molecule has 0 amide bonds. The molecule has 0 bridgehead atoms. The van der Waals surface area contributed by atoms with Crippen molar-refractivity contribution >= 4 is 0 Å². The second-order valence-corrected chi connectivity index (χ2v) is 4.78. The summed E-state index contributed by atoms with van der Waals surface area (Å²) in [5.41, 5.74) is 2.65. The van der Waals surface area contributed by atoms with Crippen LogP contribution in [0, 0.1) is 0 Å². The number of rotatable bonds is 1. The SMILES string of the molecule is CCC1(C)c2ccccc2Oc2ccccc21. The fourth-order valence-corrected chi connectivity index (χ4v) is 2.67. The lowest BCUT2D eigenvalue weighted by molar-refractivity contribution is 0.399. The highest BCUT2D eigenvalue weighted by atomic mass is 16.5. The molecular weight excluding hydrogens is 208 g/mol. The Bertz CT molecular complexity index is 511. The number of fused-ring (bicyclic) bond motifs is 2. The highest BCUT2D eigenvalue weighted by Crippen LogP contribution is 2.49. The summed E-state index contributed by atoms with van der Waals surface area (Å²) >= 11 is 0. The van der Waals surface area contributed by atoms with E-state index in [0.717, 1.165) is 17.9 Å². The van der Waals surface area contributed by atoms with Crippen molar-refractivity contribution in [2.75, 3.05) is 0 Å². The number of benzene rings is 2. The zero-order chi connectivity index (χ0) is 11.9. The van der Waals surface area contributed by atoms with E-state index in [2.05, 4.69) is 50.2 Å². The summed E-state index contributed by atoms with van der Waals surface area (Å²) in [7, 11) is 0. The maximum absolute atomic E-state index is 5.97. The Balaban J connectivity index is 2.28. The van der Waals surface area contributed by atoms with Crippen LogP contribution < -0.4 is 4.74 Å². The predicted molar refractivity (Wildman–Crippen MR) is 69.7 cm³/mol. The molecular formula is C16H16O. The molecule has 0 N–H and O–H groups in total. The van der Waals surface area contributed by atoms with Crippen LogP contribution in [0.3, 0.4) is 0 Å². The van der Waals surface area contributed by atoms with Crippen LogP contribution in [-0.2, 0) is 5.41 Å². The zero-order valence-corrected chi connectivity index (χ0v) is 10.2. The molecule has 0 atom stereocenters. The summed E-state index contributed by atoms with van der Waals surface area (Å²) in [4.78, 5) is 0.